The normalized spacial score (nSPS) is 20.6. The van der Waals surface area contributed by atoms with Crippen LogP contribution < -0.4 is 10.2 Å². The Balaban J connectivity index is 1.33. The van der Waals surface area contributed by atoms with Gasteiger partial charge in [0.25, 0.3) is 11.8 Å². The largest absolute Gasteiger partial charge is 0.337 e. The molecule has 30 heavy (non-hydrogen) atoms. The molecule has 5 rings (SSSR count). The molecule has 1 aromatic carbocycles. The van der Waals surface area contributed by atoms with Crippen LogP contribution in [0, 0.1) is 6.92 Å². The highest BCUT2D eigenvalue weighted by molar-refractivity contribution is 6.00. The standard InChI is InChI=1S/C21H23N7O2/c1-13-12-18-26(2)21(30)15(10-11-27(18)24-13)22-20(29)19-23-17-9-8-16(28(17)25-19)14-6-4-3-5-7-14/h3-7,12,15-16H,8-11H2,1-2H3,(H,22,29)/t15-,16-/m0/s1. The predicted molar refractivity (Wildman–Crippen MR) is 109 cm³/mol. The number of anilines is 1. The van der Waals surface area contributed by atoms with E-state index in [1.807, 2.05) is 35.9 Å². The molecule has 0 fully saturated rings. The minimum Gasteiger partial charge on any atom is -0.337 e. The SMILES string of the molecule is Cc1cc2n(n1)CC[C@H](NC(=O)c1nc3n(n1)[C@H](c1ccccc1)CC3)C(=O)N2C. The number of carbonyl (C=O) groups excluding carboxylic acids is 2. The molecule has 0 saturated heterocycles. The lowest BCUT2D eigenvalue weighted by Gasteiger charge is -2.20. The van der Waals surface area contributed by atoms with Gasteiger partial charge < -0.3 is 5.32 Å². The Labute approximate surface area is 173 Å². The number of nitrogens with zero attached hydrogens (tertiary/aromatic N) is 6. The van der Waals surface area contributed by atoms with Crippen LogP contribution in [0.1, 0.15) is 46.6 Å². The molecule has 2 amide bonds. The highest BCUT2D eigenvalue weighted by atomic mass is 16.2. The molecule has 0 radical (unpaired) electrons. The van der Waals surface area contributed by atoms with E-state index in [2.05, 4.69) is 32.6 Å². The third kappa shape index (κ3) is 3.06. The maximum absolute atomic E-state index is 12.9. The van der Waals surface area contributed by atoms with Crippen molar-refractivity contribution in [3.05, 3.63) is 59.3 Å². The van der Waals surface area contributed by atoms with Crippen molar-refractivity contribution < 1.29 is 9.59 Å². The quantitative estimate of drug-likeness (QED) is 0.712. The lowest BCUT2D eigenvalue weighted by Crippen LogP contribution is -2.47. The molecule has 0 spiro atoms. The van der Waals surface area contributed by atoms with Gasteiger partial charge in [-0.25, -0.2) is 14.3 Å². The van der Waals surface area contributed by atoms with Gasteiger partial charge in [-0.05, 0) is 25.3 Å². The number of benzene rings is 1. The van der Waals surface area contributed by atoms with Crippen LogP contribution in [-0.2, 0) is 17.8 Å². The minimum absolute atomic E-state index is 0.0844. The summed E-state index contributed by atoms with van der Waals surface area (Å²) in [6.45, 7) is 2.44. The van der Waals surface area contributed by atoms with E-state index >= 15 is 0 Å². The highest BCUT2D eigenvalue weighted by Gasteiger charge is 2.33. The number of hydrogen-bond acceptors (Lipinski definition) is 5. The molecule has 0 bridgehead atoms. The smallest absolute Gasteiger partial charge is 0.291 e. The third-order valence-corrected chi connectivity index (χ3v) is 5.81. The lowest BCUT2D eigenvalue weighted by molar-refractivity contribution is -0.120. The van der Waals surface area contributed by atoms with E-state index in [9.17, 15) is 9.59 Å². The van der Waals surface area contributed by atoms with Crippen LogP contribution in [0.4, 0.5) is 5.82 Å². The second-order valence-electron chi connectivity index (χ2n) is 7.84. The number of hydrogen-bond donors (Lipinski definition) is 1. The molecule has 9 nitrogen and oxygen atoms in total. The second-order valence-corrected chi connectivity index (χ2v) is 7.84. The number of aromatic nitrogens is 5. The van der Waals surface area contributed by atoms with Gasteiger partial charge in [-0.2, -0.15) is 5.10 Å². The second kappa shape index (κ2) is 7.08. The first kappa shape index (κ1) is 18.5. The summed E-state index contributed by atoms with van der Waals surface area (Å²) in [5, 5.41) is 11.7. The van der Waals surface area contributed by atoms with Crippen LogP contribution in [0.3, 0.4) is 0 Å². The van der Waals surface area contributed by atoms with Crippen LogP contribution in [0.15, 0.2) is 36.4 Å². The minimum atomic E-state index is -0.646. The summed E-state index contributed by atoms with van der Waals surface area (Å²) < 4.78 is 3.64. The van der Waals surface area contributed by atoms with E-state index in [4.69, 9.17) is 0 Å². The summed E-state index contributed by atoms with van der Waals surface area (Å²) in [6, 6.07) is 11.4. The van der Waals surface area contributed by atoms with E-state index in [1.54, 1.807) is 16.6 Å². The monoisotopic (exact) mass is 405 g/mol. The van der Waals surface area contributed by atoms with Gasteiger partial charge in [0, 0.05) is 26.1 Å². The Morgan fingerprint density at radius 1 is 1.17 bits per heavy atom. The molecule has 0 aliphatic carbocycles. The van der Waals surface area contributed by atoms with Gasteiger partial charge >= 0.3 is 0 Å². The average molecular weight is 405 g/mol. The van der Waals surface area contributed by atoms with E-state index in [0.717, 1.165) is 35.7 Å². The van der Waals surface area contributed by atoms with Crippen molar-refractivity contribution in [2.75, 3.05) is 11.9 Å². The number of carbonyl (C=O) groups is 2. The highest BCUT2D eigenvalue weighted by Crippen LogP contribution is 2.30. The Bertz CT molecular complexity index is 1120. The van der Waals surface area contributed by atoms with Crippen molar-refractivity contribution >= 4 is 17.6 Å². The van der Waals surface area contributed by atoms with Crippen molar-refractivity contribution in [3.63, 3.8) is 0 Å². The van der Waals surface area contributed by atoms with Crippen LogP contribution >= 0.6 is 0 Å². The summed E-state index contributed by atoms with van der Waals surface area (Å²) in [5.41, 5.74) is 2.01. The zero-order chi connectivity index (χ0) is 20.8. The van der Waals surface area contributed by atoms with Gasteiger partial charge in [0.1, 0.15) is 17.7 Å². The first-order valence-electron chi connectivity index (χ1n) is 10.1. The number of fused-ring (bicyclic) bond motifs is 2. The molecule has 4 heterocycles. The number of rotatable bonds is 3. The van der Waals surface area contributed by atoms with E-state index in [-0.39, 0.29) is 17.8 Å². The third-order valence-electron chi connectivity index (χ3n) is 5.81. The first-order chi connectivity index (χ1) is 14.5. The van der Waals surface area contributed by atoms with E-state index < -0.39 is 11.9 Å². The molecular formula is C21H23N7O2. The number of amides is 2. The summed E-state index contributed by atoms with van der Waals surface area (Å²) >= 11 is 0. The Morgan fingerprint density at radius 3 is 2.77 bits per heavy atom. The molecule has 2 aliphatic heterocycles. The summed E-state index contributed by atoms with van der Waals surface area (Å²) in [5.74, 6) is 1.05. The fourth-order valence-electron chi connectivity index (χ4n) is 4.29. The van der Waals surface area contributed by atoms with Crippen molar-refractivity contribution in [2.45, 2.75) is 44.8 Å². The molecule has 2 aromatic heterocycles. The zero-order valence-corrected chi connectivity index (χ0v) is 16.9. The van der Waals surface area contributed by atoms with E-state index in [1.165, 1.54) is 0 Å². The maximum Gasteiger partial charge on any atom is 0.291 e. The molecule has 9 heteroatoms. The van der Waals surface area contributed by atoms with Gasteiger partial charge in [0.2, 0.25) is 5.82 Å². The van der Waals surface area contributed by atoms with Crippen LogP contribution in [0.2, 0.25) is 0 Å². The van der Waals surface area contributed by atoms with Crippen molar-refractivity contribution in [1.82, 2.24) is 29.9 Å². The summed E-state index contributed by atoms with van der Waals surface area (Å²) in [4.78, 5) is 31.7. The first-order valence-corrected chi connectivity index (χ1v) is 10.1. The van der Waals surface area contributed by atoms with Crippen molar-refractivity contribution in [2.24, 2.45) is 0 Å². The van der Waals surface area contributed by atoms with Crippen LogP contribution in [0.25, 0.3) is 0 Å². The number of aryl methyl sites for hydroxylation is 3. The Morgan fingerprint density at radius 2 is 1.97 bits per heavy atom. The van der Waals surface area contributed by atoms with Gasteiger partial charge in [-0.15, -0.1) is 5.10 Å². The van der Waals surface area contributed by atoms with Crippen LogP contribution in [0.5, 0.6) is 0 Å². The Hall–Kier alpha value is -3.49. The molecule has 0 unspecified atom stereocenters. The number of nitrogens with one attached hydrogen (secondary N) is 1. The lowest BCUT2D eigenvalue weighted by atomic mass is 10.1. The van der Waals surface area contributed by atoms with Gasteiger partial charge in [-0.1, -0.05) is 30.3 Å². The van der Waals surface area contributed by atoms with Gasteiger partial charge in [-0.3, -0.25) is 14.5 Å². The predicted octanol–water partition coefficient (Wildman–Crippen LogP) is 1.48. The van der Waals surface area contributed by atoms with Crippen LogP contribution in [-0.4, -0.2) is 49.4 Å². The molecule has 3 aromatic rings. The molecular weight excluding hydrogens is 382 g/mol. The maximum atomic E-state index is 12.9. The fraction of sp³-hybridized carbons (Fsp3) is 0.381. The summed E-state index contributed by atoms with van der Waals surface area (Å²) in [7, 11) is 1.70. The topological polar surface area (TPSA) is 97.9 Å². The summed E-state index contributed by atoms with van der Waals surface area (Å²) in [6.07, 6.45) is 2.15. The molecule has 2 atom stereocenters. The Kier molecular flexibility index (Phi) is 4.38. The van der Waals surface area contributed by atoms with E-state index in [0.29, 0.717) is 13.0 Å². The van der Waals surface area contributed by atoms with Crippen molar-refractivity contribution in [3.8, 4) is 0 Å². The molecule has 2 aliphatic rings. The zero-order valence-electron chi connectivity index (χ0n) is 16.9. The molecule has 0 saturated carbocycles. The molecule has 1 N–H and O–H groups in total. The van der Waals surface area contributed by atoms with Crippen molar-refractivity contribution in [1.29, 1.82) is 0 Å². The molecule has 154 valence electrons. The van der Waals surface area contributed by atoms with Gasteiger partial charge in [0.05, 0.1) is 11.7 Å². The van der Waals surface area contributed by atoms with Gasteiger partial charge in [0.15, 0.2) is 0 Å². The average Bonchev–Trinajstić information content (AvgIpc) is 3.42. The fourth-order valence-corrected chi connectivity index (χ4v) is 4.29. The number of likely N-dealkylation sites (N-methyl/N-ethyl adjacent to an activating group) is 1.